The van der Waals surface area contributed by atoms with Crippen LogP contribution < -0.4 is 0 Å². The Kier molecular flexibility index (Phi) is 4.60. The molecule has 0 radical (unpaired) electrons. The lowest BCUT2D eigenvalue weighted by Crippen LogP contribution is -2.29. The van der Waals surface area contributed by atoms with Gasteiger partial charge in [-0.2, -0.15) is 0 Å². The zero-order valence-electron chi connectivity index (χ0n) is 6.49. The fourth-order valence-electron chi connectivity index (χ4n) is 0.777. The normalized spacial score (nSPS) is 17.4. The van der Waals surface area contributed by atoms with Crippen LogP contribution in [0.2, 0.25) is 0 Å². The first-order chi connectivity index (χ1) is 4.63. The monoisotopic (exact) mass is 148 g/mol. The van der Waals surface area contributed by atoms with Crippen molar-refractivity contribution in [3.05, 3.63) is 0 Å². The van der Waals surface area contributed by atoms with Gasteiger partial charge in [0.25, 0.3) is 0 Å². The molecule has 2 atom stereocenters. The van der Waals surface area contributed by atoms with Crippen LogP contribution in [0.25, 0.3) is 0 Å². The smallest absolute Gasteiger partial charge is 0.0635 e. The molecule has 10 heavy (non-hydrogen) atoms. The molecular formula is C7H16O3. The van der Waals surface area contributed by atoms with E-state index in [1.54, 1.807) is 13.8 Å². The predicted octanol–water partition coefficient (Wildman–Crippen LogP) is -0.396. The fraction of sp³-hybridized carbons (Fsp3) is 1.00. The van der Waals surface area contributed by atoms with Gasteiger partial charge in [-0.3, -0.25) is 0 Å². The minimum Gasteiger partial charge on any atom is -0.396 e. The third kappa shape index (κ3) is 2.64. The van der Waals surface area contributed by atoms with Gasteiger partial charge < -0.3 is 15.3 Å². The number of hydrogen-bond donors (Lipinski definition) is 3. The van der Waals surface area contributed by atoms with Gasteiger partial charge in [0, 0.05) is 25.0 Å². The van der Waals surface area contributed by atoms with Gasteiger partial charge in [-0.25, -0.2) is 0 Å². The zero-order valence-corrected chi connectivity index (χ0v) is 6.49. The summed E-state index contributed by atoms with van der Waals surface area (Å²) in [4.78, 5) is 0. The number of aliphatic hydroxyl groups excluding tert-OH is 3. The summed E-state index contributed by atoms with van der Waals surface area (Å²) in [5.41, 5.74) is 0. The van der Waals surface area contributed by atoms with E-state index in [1.807, 2.05) is 0 Å². The van der Waals surface area contributed by atoms with Gasteiger partial charge in [0.15, 0.2) is 0 Å². The van der Waals surface area contributed by atoms with E-state index in [-0.39, 0.29) is 25.0 Å². The van der Waals surface area contributed by atoms with E-state index in [9.17, 15) is 5.11 Å². The highest BCUT2D eigenvalue weighted by Crippen LogP contribution is 2.11. The summed E-state index contributed by atoms with van der Waals surface area (Å²) in [5, 5.41) is 26.5. The number of hydrogen-bond acceptors (Lipinski definition) is 3. The second-order valence-electron chi connectivity index (χ2n) is 2.81. The van der Waals surface area contributed by atoms with E-state index in [2.05, 4.69) is 0 Å². The number of rotatable bonds is 4. The molecule has 0 aromatic carbocycles. The molecule has 0 saturated carbocycles. The van der Waals surface area contributed by atoms with Crippen LogP contribution in [-0.2, 0) is 0 Å². The molecule has 0 aromatic rings. The first-order valence-corrected chi connectivity index (χ1v) is 3.53. The van der Waals surface area contributed by atoms with E-state index in [4.69, 9.17) is 10.2 Å². The first-order valence-electron chi connectivity index (χ1n) is 3.53. The molecule has 62 valence electrons. The maximum absolute atomic E-state index is 9.27. The van der Waals surface area contributed by atoms with Crippen LogP contribution in [0.1, 0.15) is 13.8 Å². The molecule has 0 heterocycles. The van der Waals surface area contributed by atoms with E-state index in [0.29, 0.717) is 0 Å². The Labute approximate surface area is 61.3 Å². The lowest BCUT2D eigenvalue weighted by molar-refractivity contribution is 0.0158. The molecule has 0 aliphatic carbocycles. The van der Waals surface area contributed by atoms with E-state index < -0.39 is 6.10 Å². The molecule has 0 unspecified atom stereocenters. The topological polar surface area (TPSA) is 60.7 Å². The van der Waals surface area contributed by atoms with Crippen molar-refractivity contribution in [3.63, 3.8) is 0 Å². The molecular weight excluding hydrogens is 132 g/mol. The van der Waals surface area contributed by atoms with Gasteiger partial charge in [0.2, 0.25) is 0 Å². The van der Waals surface area contributed by atoms with Crippen LogP contribution in [0, 0.1) is 11.8 Å². The molecule has 0 spiro atoms. The van der Waals surface area contributed by atoms with E-state index in [1.165, 1.54) is 0 Å². The Morgan fingerprint density at radius 1 is 1.00 bits per heavy atom. The average molecular weight is 148 g/mol. The van der Waals surface area contributed by atoms with Crippen LogP contribution in [0.5, 0.6) is 0 Å². The van der Waals surface area contributed by atoms with Gasteiger partial charge in [-0.1, -0.05) is 13.8 Å². The SMILES string of the molecule is C[C@@H](CO)C(O)[C@@H](C)CO. The highest BCUT2D eigenvalue weighted by atomic mass is 16.3. The van der Waals surface area contributed by atoms with Crippen molar-refractivity contribution >= 4 is 0 Å². The summed E-state index contributed by atoms with van der Waals surface area (Å²) in [7, 11) is 0. The fourth-order valence-corrected chi connectivity index (χ4v) is 0.777. The molecule has 3 nitrogen and oxygen atoms in total. The van der Waals surface area contributed by atoms with Gasteiger partial charge in [0.1, 0.15) is 0 Å². The van der Waals surface area contributed by atoms with Crippen LogP contribution >= 0.6 is 0 Å². The van der Waals surface area contributed by atoms with E-state index in [0.717, 1.165) is 0 Å². The van der Waals surface area contributed by atoms with Gasteiger partial charge in [-0.05, 0) is 0 Å². The molecule has 0 aliphatic rings. The quantitative estimate of drug-likeness (QED) is 0.508. The summed E-state index contributed by atoms with van der Waals surface area (Å²) in [5.74, 6) is -0.302. The average Bonchev–Trinajstić information content (AvgIpc) is 2.00. The Bertz CT molecular complexity index is 74.9. The van der Waals surface area contributed by atoms with Crippen molar-refractivity contribution in [1.29, 1.82) is 0 Å². The summed E-state index contributed by atoms with van der Waals surface area (Å²) >= 11 is 0. The highest BCUT2D eigenvalue weighted by Gasteiger charge is 2.19. The second kappa shape index (κ2) is 4.66. The predicted molar refractivity (Wildman–Crippen MR) is 38.5 cm³/mol. The van der Waals surface area contributed by atoms with Crippen LogP contribution in [0.15, 0.2) is 0 Å². The summed E-state index contributed by atoms with van der Waals surface area (Å²) in [6.07, 6.45) is -0.602. The van der Waals surface area contributed by atoms with Crippen molar-refractivity contribution < 1.29 is 15.3 Å². The Morgan fingerprint density at radius 3 is 1.50 bits per heavy atom. The van der Waals surface area contributed by atoms with Crippen molar-refractivity contribution in [2.24, 2.45) is 11.8 Å². The lowest BCUT2D eigenvalue weighted by atomic mass is 9.95. The van der Waals surface area contributed by atoms with Gasteiger partial charge >= 0.3 is 0 Å². The molecule has 0 fully saturated rings. The molecule has 0 rings (SSSR count). The van der Waals surface area contributed by atoms with Crippen molar-refractivity contribution in [2.45, 2.75) is 20.0 Å². The van der Waals surface area contributed by atoms with Crippen LogP contribution in [0.3, 0.4) is 0 Å². The van der Waals surface area contributed by atoms with Crippen molar-refractivity contribution in [2.75, 3.05) is 13.2 Å². The number of aliphatic hydroxyl groups is 3. The molecule has 0 bridgehead atoms. The molecule has 0 amide bonds. The molecule has 0 aliphatic heterocycles. The Hall–Kier alpha value is -0.120. The van der Waals surface area contributed by atoms with Crippen LogP contribution in [0.4, 0.5) is 0 Å². The minimum atomic E-state index is -0.602. The summed E-state index contributed by atoms with van der Waals surface area (Å²) in [6, 6.07) is 0. The van der Waals surface area contributed by atoms with Crippen LogP contribution in [-0.4, -0.2) is 34.6 Å². The summed E-state index contributed by atoms with van der Waals surface area (Å²) < 4.78 is 0. The molecule has 0 saturated heterocycles. The minimum absolute atomic E-state index is 0.0362. The Morgan fingerprint density at radius 2 is 1.30 bits per heavy atom. The molecule has 3 heteroatoms. The van der Waals surface area contributed by atoms with Crippen molar-refractivity contribution in [3.8, 4) is 0 Å². The molecule has 0 aromatic heterocycles. The molecule has 3 N–H and O–H groups in total. The second-order valence-corrected chi connectivity index (χ2v) is 2.81. The standard InChI is InChI=1S/C7H16O3/c1-5(3-8)7(10)6(2)4-9/h5-10H,3-4H2,1-2H3/t5-,6-/m0/s1. The third-order valence-electron chi connectivity index (χ3n) is 1.74. The van der Waals surface area contributed by atoms with Gasteiger partial charge in [-0.15, -0.1) is 0 Å². The summed E-state index contributed by atoms with van der Waals surface area (Å²) in [6.45, 7) is 3.42. The maximum atomic E-state index is 9.27. The zero-order chi connectivity index (χ0) is 8.15. The van der Waals surface area contributed by atoms with Crippen molar-refractivity contribution in [1.82, 2.24) is 0 Å². The lowest BCUT2D eigenvalue weighted by Gasteiger charge is -2.21. The van der Waals surface area contributed by atoms with Gasteiger partial charge in [0.05, 0.1) is 6.10 Å². The largest absolute Gasteiger partial charge is 0.396 e. The van der Waals surface area contributed by atoms with E-state index >= 15 is 0 Å². The first kappa shape index (κ1) is 9.88. The third-order valence-corrected chi connectivity index (χ3v) is 1.74. The maximum Gasteiger partial charge on any atom is 0.0635 e. The highest BCUT2D eigenvalue weighted by molar-refractivity contribution is 4.68. The Balaban J connectivity index is 3.69.